The second-order valence-corrected chi connectivity index (χ2v) is 9.16. The fraction of sp³-hybridized carbons (Fsp3) is 0.320. The van der Waals surface area contributed by atoms with Crippen molar-refractivity contribution < 1.29 is 9.26 Å². The van der Waals surface area contributed by atoms with Gasteiger partial charge in [-0.25, -0.2) is 0 Å². The molecule has 0 saturated carbocycles. The van der Waals surface area contributed by atoms with Crippen LogP contribution in [0, 0.1) is 6.92 Å². The van der Waals surface area contributed by atoms with Gasteiger partial charge in [-0.15, -0.1) is 0 Å². The molecular formula is C25H26N4O2. The van der Waals surface area contributed by atoms with Gasteiger partial charge in [0, 0.05) is 5.56 Å². The Morgan fingerprint density at radius 2 is 1.74 bits per heavy atom. The Morgan fingerprint density at radius 3 is 2.45 bits per heavy atom. The molecule has 3 heterocycles. The van der Waals surface area contributed by atoms with Crippen molar-refractivity contribution in [3.05, 3.63) is 77.0 Å². The molecular weight excluding hydrogens is 388 g/mol. The van der Waals surface area contributed by atoms with Gasteiger partial charge < -0.3 is 9.26 Å². The minimum absolute atomic E-state index is 0.0135. The Balaban J connectivity index is 1.36. The van der Waals surface area contributed by atoms with E-state index in [-0.39, 0.29) is 11.5 Å². The van der Waals surface area contributed by atoms with Gasteiger partial charge in [0.2, 0.25) is 5.82 Å². The molecule has 0 saturated heterocycles. The van der Waals surface area contributed by atoms with Crippen molar-refractivity contribution in [3.8, 4) is 23.0 Å². The molecule has 0 aliphatic carbocycles. The molecule has 0 bridgehead atoms. The molecule has 2 aromatic carbocycles. The maximum absolute atomic E-state index is 6.07. The van der Waals surface area contributed by atoms with Crippen LogP contribution < -0.4 is 0 Å². The average molecular weight is 415 g/mol. The summed E-state index contributed by atoms with van der Waals surface area (Å²) in [4.78, 5) is 4.58. The third kappa shape index (κ3) is 3.91. The standard InChI is InChI=1S/C25H26N4O2/c1-16-5-7-17(8-6-16)22-14-29-20(15-30-22)13-21(27-29)24-26-23(28-31-24)18-9-11-19(12-10-18)25(2,3)4/h5-13,22H,14-15H2,1-4H3/t22-/m1/s1. The lowest BCUT2D eigenvalue weighted by Gasteiger charge is -2.24. The van der Waals surface area contributed by atoms with Gasteiger partial charge in [-0.1, -0.05) is 80.0 Å². The maximum atomic E-state index is 6.07. The number of benzene rings is 2. The molecule has 31 heavy (non-hydrogen) atoms. The van der Waals surface area contributed by atoms with Crippen molar-refractivity contribution in [1.82, 2.24) is 19.9 Å². The minimum Gasteiger partial charge on any atom is -0.365 e. The third-order valence-corrected chi connectivity index (χ3v) is 5.74. The number of fused-ring (bicyclic) bond motifs is 1. The van der Waals surface area contributed by atoms with Crippen LogP contribution in [0.25, 0.3) is 23.0 Å². The minimum atomic E-state index is -0.0135. The molecule has 2 aromatic heterocycles. The topological polar surface area (TPSA) is 66.0 Å². The molecule has 0 spiro atoms. The van der Waals surface area contributed by atoms with Crippen LogP contribution in [-0.2, 0) is 23.3 Å². The Kier molecular flexibility index (Phi) is 4.74. The molecule has 5 rings (SSSR count). The smallest absolute Gasteiger partial charge is 0.278 e. The Morgan fingerprint density at radius 1 is 1.00 bits per heavy atom. The van der Waals surface area contributed by atoms with Gasteiger partial charge in [0.05, 0.1) is 18.8 Å². The summed E-state index contributed by atoms with van der Waals surface area (Å²) in [6.45, 7) is 9.83. The molecule has 0 radical (unpaired) electrons. The molecule has 0 unspecified atom stereocenters. The normalized spacial score (nSPS) is 16.3. The SMILES string of the molecule is Cc1ccc([C@H]2Cn3nc(-c4nc(-c5ccc(C(C)(C)C)cc5)no4)cc3CO2)cc1. The summed E-state index contributed by atoms with van der Waals surface area (Å²) in [5.74, 6) is 0.985. The predicted molar refractivity (Wildman–Crippen MR) is 118 cm³/mol. The number of rotatable bonds is 3. The van der Waals surface area contributed by atoms with E-state index in [1.165, 1.54) is 11.1 Å². The van der Waals surface area contributed by atoms with Gasteiger partial charge >= 0.3 is 0 Å². The molecule has 0 amide bonds. The highest BCUT2D eigenvalue weighted by Gasteiger charge is 2.24. The first kappa shape index (κ1) is 19.7. The van der Waals surface area contributed by atoms with Gasteiger partial charge in [-0.3, -0.25) is 4.68 Å². The van der Waals surface area contributed by atoms with Crippen LogP contribution in [0.4, 0.5) is 0 Å². The van der Waals surface area contributed by atoms with E-state index in [0.717, 1.165) is 16.8 Å². The first-order chi connectivity index (χ1) is 14.9. The van der Waals surface area contributed by atoms with E-state index >= 15 is 0 Å². The van der Waals surface area contributed by atoms with E-state index < -0.39 is 0 Å². The fourth-order valence-corrected chi connectivity index (χ4v) is 3.78. The summed E-state index contributed by atoms with van der Waals surface area (Å²) in [7, 11) is 0. The highest BCUT2D eigenvalue weighted by atomic mass is 16.5. The number of hydrogen-bond donors (Lipinski definition) is 0. The van der Waals surface area contributed by atoms with Gasteiger partial charge in [0.1, 0.15) is 6.10 Å². The number of ether oxygens (including phenoxy) is 1. The number of nitrogens with zero attached hydrogens (tertiary/aromatic N) is 4. The third-order valence-electron chi connectivity index (χ3n) is 5.74. The second-order valence-electron chi connectivity index (χ2n) is 9.16. The van der Waals surface area contributed by atoms with Gasteiger partial charge in [0.15, 0.2) is 5.69 Å². The van der Waals surface area contributed by atoms with E-state index in [4.69, 9.17) is 14.4 Å². The van der Waals surface area contributed by atoms with E-state index in [9.17, 15) is 0 Å². The molecule has 6 heteroatoms. The molecule has 1 aliphatic rings. The summed E-state index contributed by atoms with van der Waals surface area (Å²) < 4.78 is 13.6. The molecule has 0 N–H and O–H groups in total. The summed E-state index contributed by atoms with van der Waals surface area (Å²) in [6.07, 6.45) is -0.0135. The van der Waals surface area contributed by atoms with E-state index in [1.54, 1.807) is 0 Å². The molecule has 158 valence electrons. The van der Waals surface area contributed by atoms with Crippen molar-refractivity contribution in [2.45, 2.75) is 52.4 Å². The van der Waals surface area contributed by atoms with Crippen molar-refractivity contribution in [2.75, 3.05) is 0 Å². The number of aryl methyl sites for hydroxylation is 1. The second kappa shape index (κ2) is 7.46. The van der Waals surface area contributed by atoms with Crippen molar-refractivity contribution in [3.63, 3.8) is 0 Å². The Bertz CT molecular complexity index is 1200. The lowest BCUT2D eigenvalue weighted by atomic mass is 9.87. The lowest BCUT2D eigenvalue weighted by Crippen LogP contribution is -2.21. The molecule has 6 nitrogen and oxygen atoms in total. The van der Waals surface area contributed by atoms with E-state index in [0.29, 0.717) is 30.6 Å². The summed E-state index contributed by atoms with van der Waals surface area (Å²) in [6, 6.07) is 18.7. The zero-order valence-electron chi connectivity index (χ0n) is 18.3. The fourth-order valence-electron chi connectivity index (χ4n) is 3.78. The van der Waals surface area contributed by atoms with Crippen LogP contribution in [0.5, 0.6) is 0 Å². The van der Waals surface area contributed by atoms with Crippen LogP contribution in [0.15, 0.2) is 59.1 Å². The van der Waals surface area contributed by atoms with Gasteiger partial charge in [0.25, 0.3) is 5.89 Å². The molecule has 4 aromatic rings. The highest BCUT2D eigenvalue weighted by molar-refractivity contribution is 5.58. The van der Waals surface area contributed by atoms with Crippen molar-refractivity contribution in [2.24, 2.45) is 0 Å². The first-order valence-corrected chi connectivity index (χ1v) is 10.6. The van der Waals surface area contributed by atoms with E-state index in [1.807, 2.05) is 22.9 Å². The molecule has 1 atom stereocenters. The maximum Gasteiger partial charge on any atom is 0.278 e. The summed E-state index contributed by atoms with van der Waals surface area (Å²) in [5, 5.41) is 8.87. The zero-order valence-corrected chi connectivity index (χ0v) is 18.3. The number of hydrogen-bond acceptors (Lipinski definition) is 5. The average Bonchev–Trinajstić information content (AvgIpc) is 3.40. The highest BCUT2D eigenvalue weighted by Crippen LogP contribution is 2.30. The van der Waals surface area contributed by atoms with Gasteiger partial charge in [-0.05, 0) is 29.5 Å². The van der Waals surface area contributed by atoms with Crippen LogP contribution in [0.3, 0.4) is 0 Å². The van der Waals surface area contributed by atoms with E-state index in [2.05, 4.69) is 74.2 Å². The summed E-state index contributed by atoms with van der Waals surface area (Å²) >= 11 is 0. The van der Waals surface area contributed by atoms with Crippen molar-refractivity contribution in [1.29, 1.82) is 0 Å². The first-order valence-electron chi connectivity index (χ1n) is 10.6. The number of aromatic nitrogens is 4. The van der Waals surface area contributed by atoms with Crippen LogP contribution >= 0.6 is 0 Å². The Labute approximate surface area is 181 Å². The van der Waals surface area contributed by atoms with Gasteiger partial charge in [-0.2, -0.15) is 10.1 Å². The largest absolute Gasteiger partial charge is 0.365 e. The quantitative estimate of drug-likeness (QED) is 0.444. The Hall–Kier alpha value is -3.25. The zero-order chi connectivity index (χ0) is 21.6. The summed E-state index contributed by atoms with van der Waals surface area (Å²) in [5.41, 5.74) is 6.38. The van der Waals surface area contributed by atoms with Crippen LogP contribution in [-0.4, -0.2) is 19.9 Å². The van der Waals surface area contributed by atoms with Crippen LogP contribution in [0.2, 0.25) is 0 Å². The molecule has 0 fully saturated rings. The monoisotopic (exact) mass is 414 g/mol. The lowest BCUT2D eigenvalue weighted by molar-refractivity contribution is -0.00113. The van der Waals surface area contributed by atoms with Crippen molar-refractivity contribution >= 4 is 0 Å². The van der Waals surface area contributed by atoms with Crippen LogP contribution in [0.1, 0.15) is 49.3 Å². The predicted octanol–water partition coefficient (Wildman–Crippen LogP) is 5.48. The molecule has 1 aliphatic heterocycles.